The molecule has 0 saturated heterocycles. The first-order valence-electron chi connectivity index (χ1n) is 11.7. The van der Waals surface area contributed by atoms with E-state index >= 15 is 0 Å². The van der Waals surface area contributed by atoms with Gasteiger partial charge in [0.05, 0.1) is 12.1 Å². The Kier molecular flexibility index (Phi) is 6.30. The van der Waals surface area contributed by atoms with Crippen molar-refractivity contribution >= 4 is 50.7 Å². The summed E-state index contributed by atoms with van der Waals surface area (Å²) in [6, 6.07) is 14.3. The number of nitrogens with zero attached hydrogens (tertiary/aromatic N) is 4. The van der Waals surface area contributed by atoms with Crippen molar-refractivity contribution in [1.82, 2.24) is 9.58 Å². The van der Waals surface area contributed by atoms with E-state index in [0.29, 0.717) is 18.3 Å². The molecular weight excluding hydrogens is 458 g/mol. The number of rotatable bonds is 7. The standard InChI is InChI=1S/C27H27N5O2S/c1-4-7-24-30-32-25(28)22(26(33)29-27(32)35-24)15-19-16-31(23-9-6-5-8-21(19)23)10-11-34-20-13-17(2)12-18(3)14-20/h5-6,8-9,12-16,28H,4,7,10-11H2,1-3H3. The number of hydrogen-bond acceptors (Lipinski definition) is 5. The van der Waals surface area contributed by atoms with Gasteiger partial charge in [-0.2, -0.15) is 15.1 Å². The molecule has 3 heterocycles. The van der Waals surface area contributed by atoms with Gasteiger partial charge in [-0.1, -0.05) is 31.2 Å². The molecule has 0 spiro atoms. The van der Waals surface area contributed by atoms with Crippen LogP contribution in [0.2, 0.25) is 0 Å². The van der Waals surface area contributed by atoms with Crippen molar-refractivity contribution in [2.45, 2.75) is 40.2 Å². The van der Waals surface area contributed by atoms with Crippen molar-refractivity contribution in [2.24, 2.45) is 10.1 Å². The molecule has 178 valence electrons. The van der Waals surface area contributed by atoms with Crippen molar-refractivity contribution in [3.63, 3.8) is 0 Å². The average Bonchev–Trinajstić information content (AvgIpc) is 3.38. The third kappa shape index (κ3) is 4.66. The van der Waals surface area contributed by atoms with Gasteiger partial charge < -0.3 is 9.30 Å². The molecule has 0 radical (unpaired) electrons. The Morgan fingerprint density at radius 3 is 2.69 bits per heavy atom. The van der Waals surface area contributed by atoms with Crippen molar-refractivity contribution < 1.29 is 9.53 Å². The highest BCUT2D eigenvalue weighted by Crippen LogP contribution is 2.31. The summed E-state index contributed by atoms with van der Waals surface area (Å²) in [6.45, 7) is 7.37. The molecule has 2 aromatic carbocycles. The second-order valence-corrected chi connectivity index (χ2v) is 9.77. The number of ether oxygens (including phenoxy) is 1. The summed E-state index contributed by atoms with van der Waals surface area (Å²) in [6.07, 6.45) is 5.52. The molecule has 0 saturated carbocycles. The van der Waals surface area contributed by atoms with E-state index in [2.05, 4.69) is 47.6 Å². The minimum atomic E-state index is -0.406. The van der Waals surface area contributed by atoms with Crippen LogP contribution in [0.5, 0.6) is 5.75 Å². The second-order valence-electron chi connectivity index (χ2n) is 8.73. The number of para-hydroxylation sites is 1. The van der Waals surface area contributed by atoms with Gasteiger partial charge in [-0.3, -0.25) is 10.2 Å². The van der Waals surface area contributed by atoms with Crippen LogP contribution in [0.25, 0.3) is 17.0 Å². The number of hydrogen-bond donors (Lipinski definition) is 1. The lowest BCUT2D eigenvalue weighted by Gasteiger charge is -2.20. The maximum atomic E-state index is 12.8. The van der Waals surface area contributed by atoms with Gasteiger partial charge in [0.15, 0.2) is 5.84 Å². The van der Waals surface area contributed by atoms with Gasteiger partial charge in [-0.15, -0.1) is 0 Å². The minimum absolute atomic E-state index is 0.0635. The predicted octanol–water partition coefficient (Wildman–Crippen LogP) is 5.76. The van der Waals surface area contributed by atoms with Crippen LogP contribution in [0.15, 0.2) is 64.3 Å². The summed E-state index contributed by atoms with van der Waals surface area (Å²) < 4.78 is 8.15. The third-order valence-electron chi connectivity index (χ3n) is 5.88. The number of thioether (sulfide) groups is 1. The fourth-order valence-electron chi connectivity index (χ4n) is 4.36. The maximum Gasteiger partial charge on any atom is 0.283 e. The fraction of sp³-hybridized carbons (Fsp3) is 0.259. The Hall–Kier alpha value is -3.65. The molecule has 1 amide bonds. The lowest BCUT2D eigenvalue weighted by atomic mass is 10.1. The number of fused-ring (bicyclic) bond motifs is 2. The van der Waals surface area contributed by atoms with E-state index in [9.17, 15) is 4.79 Å². The van der Waals surface area contributed by atoms with E-state index < -0.39 is 5.91 Å². The molecule has 1 aromatic heterocycles. The average molecular weight is 486 g/mol. The molecule has 2 aliphatic rings. The molecule has 0 atom stereocenters. The van der Waals surface area contributed by atoms with Gasteiger partial charge in [0.2, 0.25) is 5.17 Å². The van der Waals surface area contributed by atoms with Crippen LogP contribution < -0.4 is 4.74 Å². The molecule has 0 unspecified atom stereocenters. The highest BCUT2D eigenvalue weighted by molar-refractivity contribution is 8.26. The Labute approximate surface area is 208 Å². The number of amidine groups is 2. The molecular formula is C27H27N5O2S. The van der Waals surface area contributed by atoms with Crippen LogP contribution in [0.1, 0.15) is 36.5 Å². The number of aliphatic imine (C=N–C) groups is 1. The van der Waals surface area contributed by atoms with Gasteiger partial charge in [0.25, 0.3) is 5.91 Å². The van der Waals surface area contributed by atoms with Crippen molar-refractivity contribution in [2.75, 3.05) is 6.61 Å². The van der Waals surface area contributed by atoms with Crippen molar-refractivity contribution in [1.29, 1.82) is 5.41 Å². The van der Waals surface area contributed by atoms with Crippen LogP contribution in [0.3, 0.4) is 0 Å². The quantitative estimate of drug-likeness (QED) is 0.432. The topological polar surface area (TPSA) is 83.0 Å². The first-order valence-corrected chi connectivity index (χ1v) is 12.5. The zero-order valence-electron chi connectivity index (χ0n) is 20.0. The normalized spacial score (nSPS) is 16.7. The molecule has 0 aliphatic carbocycles. The van der Waals surface area contributed by atoms with Crippen LogP contribution >= 0.6 is 11.8 Å². The lowest BCUT2D eigenvalue weighted by molar-refractivity contribution is -0.114. The molecule has 1 N–H and O–H groups in total. The fourth-order valence-corrected chi connectivity index (χ4v) is 5.34. The summed E-state index contributed by atoms with van der Waals surface area (Å²) in [5, 5.41) is 17.0. The lowest BCUT2D eigenvalue weighted by Crippen LogP contribution is -2.35. The van der Waals surface area contributed by atoms with Gasteiger partial charge in [-0.25, -0.2) is 0 Å². The number of carbonyl (C=O) groups is 1. The number of aryl methyl sites for hydroxylation is 2. The van der Waals surface area contributed by atoms with Gasteiger partial charge in [-0.05, 0) is 73.9 Å². The first kappa shape index (κ1) is 23.1. The molecule has 5 rings (SSSR count). The highest BCUT2D eigenvalue weighted by Gasteiger charge is 2.35. The molecule has 3 aromatic rings. The Morgan fingerprint density at radius 1 is 1.14 bits per heavy atom. The van der Waals surface area contributed by atoms with Crippen LogP contribution in [0.4, 0.5) is 0 Å². The molecule has 7 nitrogen and oxygen atoms in total. The van der Waals surface area contributed by atoms with E-state index in [-0.39, 0.29) is 11.4 Å². The highest BCUT2D eigenvalue weighted by atomic mass is 32.2. The van der Waals surface area contributed by atoms with Gasteiger partial charge in [0, 0.05) is 22.7 Å². The predicted molar refractivity (Wildman–Crippen MR) is 143 cm³/mol. The van der Waals surface area contributed by atoms with Crippen LogP contribution in [0, 0.1) is 19.3 Å². The largest absolute Gasteiger partial charge is 0.492 e. The summed E-state index contributed by atoms with van der Waals surface area (Å²) in [5.41, 5.74) is 4.50. The molecule has 8 heteroatoms. The van der Waals surface area contributed by atoms with Crippen LogP contribution in [-0.4, -0.2) is 38.1 Å². The smallest absolute Gasteiger partial charge is 0.283 e. The van der Waals surface area contributed by atoms with E-state index in [1.165, 1.54) is 27.9 Å². The number of amides is 1. The summed E-state index contributed by atoms with van der Waals surface area (Å²) >= 11 is 1.37. The zero-order chi connectivity index (χ0) is 24.5. The van der Waals surface area contributed by atoms with Gasteiger partial charge >= 0.3 is 0 Å². The molecule has 2 aliphatic heterocycles. The SMILES string of the molecule is CCCC1=NN2C(=N)C(=Cc3cn(CCOc4cc(C)cc(C)c4)c4ccccc34)C(=O)N=C2S1. The van der Waals surface area contributed by atoms with Crippen molar-refractivity contribution in [3.05, 3.63) is 70.9 Å². The zero-order valence-corrected chi connectivity index (χ0v) is 20.9. The number of carbonyl (C=O) groups excluding carboxylic acids is 1. The van der Waals surface area contributed by atoms with E-state index in [0.717, 1.165) is 40.1 Å². The van der Waals surface area contributed by atoms with E-state index in [4.69, 9.17) is 10.1 Å². The molecule has 0 fully saturated rings. The maximum absolute atomic E-state index is 12.8. The second kappa shape index (κ2) is 9.54. The Morgan fingerprint density at radius 2 is 1.91 bits per heavy atom. The summed E-state index contributed by atoms with van der Waals surface area (Å²) in [4.78, 5) is 17.0. The number of benzene rings is 2. The Bertz CT molecular complexity index is 1410. The van der Waals surface area contributed by atoms with Crippen LogP contribution in [-0.2, 0) is 11.3 Å². The number of hydrazone groups is 1. The monoisotopic (exact) mass is 485 g/mol. The van der Waals surface area contributed by atoms with E-state index in [1.54, 1.807) is 6.08 Å². The summed E-state index contributed by atoms with van der Waals surface area (Å²) in [5.74, 6) is 0.521. The van der Waals surface area contributed by atoms with Crippen molar-refractivity contribution in [3.8, 4) is 5.75 Å². The summed E-state index contributed by atoms with van der Waals surface area (Å²) in [7, 11) is 0. The number of aromatic nitrogens is 1. The third-order valence-corrected chi connectivity index (χ3v) is 6.84. The number of nitrogens with one attached hydrogen (secondary N) is 1. The first-order chi connectivity index (χ1) is 16.9. The minimum Gasteiger partial charge on any atom is -0.492 e. The van der Waals surface area contributed by atoms with E-state index in [1.807, 2.05) is 36.5 Å². The molecule has 35 heavy (non-hydrogen) atoms. The Balaban J connectivity index is 1.41. The van der Waals surface area contributed by atoms with Gasteiger partial charge in [0.1, 0.15) is 17.4 Å². The molecule has 0 bridgehead atoms.